The Morgan fingerprint density at radius 1 is 1.19 bits per heavy atom. The van der Waals surface area contributed by atoms with E-state index in [9.17, 15) is 0 Å². The molecule has 2 aliphatic rings. The van der Waals surface area contributed by atoms with Crippen LogP contribution in [0.3, 0.4) is 0 Å². The molecular weight excluding hydrogens is 198 g/mol. The number of morpholine rings is 1. The smallest absolute Gasteiger partial charge is 0.0811 e. The molecule has 0 radical (unpaired) electrons. The molecule has 0 bridgehead atoms. The minimum Gasteiger partial charge on any atom is -0.369 e. The van der Waals surface area contributed by atoms with Crippen LogP contribution < -0.4 is 5.32 Å². The van der Waals surface area contributed by atoms with Gasteiger partial charge < -0.3 is 10.1 Å². The lowest BCUT2D eigenvalue weighted by Crippen LogP contribution is -2.58. The van der Waals surface area contributed by atoms with Crippen LogP contribution in [0, 0.1) is 11.8 Å². The number of nitrogens with one attached hydrogen (secondary N) is 1. The van der Waals surface area contributed by atoms with Gasteiger partial charge in [-0.3, -0.25) is 0 Å². The van der Waals surface area contributed by atoms with E-state index in [4.69, 9.17) is 4.74 Å². The maximum Gasteiger partial charge on any atom is 0.0811 e. The summed E-state index contributed by atoms with van der Waals surface area (Å²) < 4.78 is 6.29. The van der Waals surface area contributed by atoms with Gasteiger partial charge in [0, 0.05) is 12.6 Å². The van der Waals surface area contributed by atoms with Gasteiger partial charge in [0.25, 0.3) is 0 Å². The summed E-state index contributed by atoms with van der Waals surface area (Å²) in [7, 11) is 0. The molecule has 2 fully saturated rings. The molecule has 16 heavy (non-hydrogen) atoms. The monoisotopic (exact) mass is 225 g/mol. The second kappa shape index (κ2) is 4.66. The highest BCUT2D eigenvalue weighted by molar-refractivity contribution is 4.95. The molecule has 1 saturated carbocycles. The van der Waals surface area contributed by atoms with E-state index in [0.29, 0.717) is 12.1 Å². The van der Waals surface area contributed by atoms with E-state index in [1.807, 2.05) is 0 Å². The Hall–Kier alpha value is -0.0800. The quantitative estimate of drug-likeness (QED) is 0.741. The Morgan fingerprint density at radius 2 is 1.81 bits per heavy atom. The molecule has 1 aliphatic heterocycles. The van der Waals surface area contributed by atoms with Crippen LogP contribution in [0.4, 0.5) is 0 Å². The van der Waals surface area contributed by atoms with E-state index < -0.39 is 0 Å². The van der Waals surface area contributed by atoms with Gasteiger partial charge in [-0.05, 0) is 51.4 Å². The average molecular weight is 225 g/mol. The average Bonchev–Trinajstić information content (AvgIpc) is 2.25. The molecule has 1 aliphatic carbocycles. The van der Waals surface area contributed by atoms with Crippen LogP contribution >= 0.6 is 0 Å². The molecule has 2 rings (SSSR count). The van der Waals surface area contributed by atoms with Crippen LogP contribution in [0.5, 0.6) is 0 Å². The number of hydrogen-bond donors (Lipinski definition) is 1. The first-order valence-electron chi connectivity index (χ1n) is 6.94. The molecule has 0 aromatic heterocycles. The minimum atomic E-state index is 0.164. The van der Waals surface area contributed by atoms with Crippen LogP contribution in [-0.4, -0.2) is 24.3 Å². The zero-order chi connectivity index (χ0) is 11.8. The predicted molar refractivity (Wildman–Crippen MR) is 67.5 cm³/mol. The third-order valence-electron chi connectivity index (χ3n) is 4.77. The van der Waals surface area contributed by atoms with Gasteiger partial charge >= 0.3 is 0 Å². The van der Waals surface area contributed by atoms with Crippen LogP contribution in [0.2, 0.25) is 0 Å². The van der Waals surface area contributed by atoms with Gasteiger partial charge in [0.1, 0.15) is 0 Å². The van der Waals surface area contributed by atoms with E-state index in [-0.39, 0.29) is 5.60 Å². The molecule has 0 amide bonds. The van der Waals surface area contributed by atoms with Crippen molar-refractivity contribution in [2.75, 3.05) is 6.54 Å². The topological polar surface area (TPSA) is 21.3 Å². The second-order valence-electron chi connectivity index (χ2n) is 6.26. The van der Waals surface area contributed by atoms with Gasteiger partial charge in [0.15, 0.2) is 0 Å². The third kappa shape index (κ3) is 2.43. The molecule has 1 heterocycles. The van der Waals surface area contributed by atoms with Crippen molar-refractivity contribution in [2.24, 2.45) is 11.8 Å². The molecule has 2 nitrogen and oxygen atoms in total. The van der Waals surface area contributed by atoms with Crippen molar-refractivity contribution in [1.29, 1.82) is 0 Å². The lowest BCUT2D eigenvalue weighted by Gasteiger charge is -2.48. The summed E-state index contributed by atoms with van der Waals surface area (Å²) in [5, 5.41) is 3.61. The number of ether oxygens (including phenoxy) is 1. The largest absolute Gasteiger partial charge is 0.369 e. The Balaban J connectivity index is 1.92. The van der Waals surface area contributed by atoms with Gasteiger partial charge in [0.2, 0.25) is 0 Å². The summed E-state index contributed by atoms with van der Waals surface area (Å²) in [5.41, 5.74) is 0.164. The molecule has 0 aromatic carbocycles. The van der Waals surface area contributed by atoms with Crippen LogP contribution in [0.15, 0.2) is 0 Å². The Bertz CT molecular complexity index is 231. The maximum absolute atomic E-state index is 6.29. The number of hydrogen-bond acceptors (Lipinski definition) is 2. The zero-order valence-electron chi connectivity index (χ0n) is 11.3. The lowest BCUT2D eigenvalue weighted by atomic mass is 9.73. The molecule has 0 aromatic rings. The second-order valence-corrected chi connectivity index (χ2v) is 6.26. The van der Waals surface area contributed by atoms with Crippen molar-refractivity contribution in [3.8, 4) is 0 Å². The van der Waals surface area contributed by atoms with Crippen molar-refractivity contribution in [1.82, 2.24) is 5.32 Å². The first kappa shape index (κ1) is 12.4. The fourth-order valence-corrected chi connectivity index (χ4v) is 3.18. The molecule has 2 unspecified atom stereocenters. The molecular formula is C14H27NO. The summed E-state index contributed by atoms with van der Waals surface area (Å²) in [6.07, 6.45) is 5.56. The van der Waals surface area contributed by atoms with Crippen LogP contribution in [0.25, 0.3) is 0 Å². The highest BCUT2D eigenvalue weighted by Gasteiger charge is 2.41. The fourth-order valence-electron chi connectivity index (χ4n) is 3.18. The first-order valence-corrected chi connectivity index (χ1v) is 6.94. The van der Waals surface area contributed by atoms with Gasteiger partial charge in [0.05, 0.1) is 11.7 Å². The van der Waals surface area contributed by atoms with E-state index in [1.165, 1.54) is 25.7 Å². The van der Waals surface area contributed by atoms with Crippen LogP contribution in [-0.2, 0) is 4.74 Å². The molecule has 2 atom stereocenters. The van der Waals surface area contributed by atoms with Crippen molar-refractivity contribution >= 4 is 0 Å². The zero-order valence-corrected chi connectivity index (χ0v) is 11.3. The van der Waals surface area contributed by atoms with E-state index in [0.717, 1.165) is 18.4 Å². The summed E-state index contributed by atoms with van der Waals surface area (Å²) in [6, 6.07) is 0.508. The Morgan fingerprint density at radius 3 is 2.31 bits per heavy atom. The van der Waals surface area contributed by atoms with Crippen molar-refractivity contribution < 1.29 is 4.74 Å². The number of rotatable bonds is 1. The predicted octanol–water partition coefficient (Wildman–Crippen LogP) is 2.97. The third-order valence-corrected chi connectivity index (χ3v) is 4.77. The molecule has 1 saturated heterocycles. The highest BCUT2D eigenvalue weighted by Crippen LogP contribution is 2.39. The molecule has 1 N–H and O–H groups in total. The summed E-state index contributed by atoms with van der Waals surface area (Å²) >= 11 is 0. The molecule has 1 spiro atoms. The van der Waals surface area contributed by atoms with E-state index in [1.54, 1.807) is 0 Å². The fraction of sp³-hybridized carbons (Fsp3) is 1.00. The van der Waals surface area contributed by atoms with Crippen molar-refractivity contribution in [2.45, 2.75) is 71.1 Å². The van der Waals surface area contributed by atoms with Gasteiger partial charge in [-0.1, -0.05) is 13.8 Å². The minimum absolute atomic E-state index is 0.164. The lowest BCUT2D eigenvalue weighted by molar-refractivity contribution is -0.148. The van der Waals surface area contributed by atoms with Gasteiger partial charge in [-0.2, -0.15) is 0 Å². The molecule has 94 valence electrons. The maximum atomic E-state index is 6.29. The van der Waals surface area contributed by atoms with Gasteiger partial charge in [-0.15, -0.1) is 0 Å². The SMILES string of the molecule is CC(C)C1CCC2(CC1)CNC(C)C(C)O2. The van der Waals surface area contributed by atoms with Crippen molar-refractivity contribution in [3.63, 3.8) is 0 Å². The standard InChI is InChI=1S/C14H27NO/c1-10(2)13-5-7-14(8-6-13)9-15-11(3)12(4)16-14/h10-13,15H,5-9H2,1-4H3. The summed E-state index contributed by atoms with van der Waals surface area (Å²) in [4.78, 5) is 0. The van der Waals surface area contributed by atoms with Gasteiger partial charge in [-0.25, -0.2) is 0 Å². The highest BCUT2D eigenvalue weighted by atomic mass is 16.5. The Labute approximate surface area is 100 Å². The van der Waals surface area contributed by atoms with Crippen LogP contribution in [0.1, 0.15) is 53.4 Å². The van der Waals surface area contributed by atoms with E-state index in [2.05, 4.69) is 33.0 Å². The summed E-state index contributed by atoms with van der Waals surface area (Å²) in [5.74, 6) is 1.76. The van der Waals surface area contributed by atoms with Crippen molar-refractivity contribution in [3.05, 3.63) is 0 Å². The normalized spacial score (nSPS) is 45.2. The first-order chi connectivity index (χ1) is 7.52. The Kier molecular flexibility index (Phi) is 3.60. The molecule has 2 heteroatoms. The van der Waals surface area contributed by atoms with E-state index >= 15 is 0 Å². The summed E-state index contributed by atoms with van der Waals surface area (Å²) in [6.45, 7) is 10.2.